The summed E-state index contributed by atoms with van der Waals surface area (Å²) in [7, 11) is 0. The SMILES string of the molecule is CC1(CO)CN(C2CCC2)C(=O)CO1. The molecule has 4 heteroatoms. The third kappa shape index (κ3) is 1.64. The van der Waals surface area contributed by atoms with E-state index in [0.29, 0.717) is 12.6 Å². The maximum atomic E-state index is 11.6. The average molecular weight is 199 g/mol. The first kappa shape index (κ1) is 9.93. The third-order valence-corrected chi connectivity index (χ3v) is 3.22. The lowest BCUT2D eigenvalue weighted by molar-refractivity contribution is -0.173. The summed E-state index contributed by atoms with van der Waals surface area (Å²) in [5.41, 5.74) is -0.552. The highest BCUT2D eigenvalue weighted by Crippen LogP contribution is 2.29. The predicted octanol–water partition coefficient (Wildman–Crippen LogP) is 0.149. The first-order chi connectivity index (χ1) is 6.64. The second-order valence-electron chi connectivity index (χ2n) is 4.50. The summed E-state index contributed by atoms with van der Waals surface area (Å²) in [6.07, 6.45) is 3.42. The van der Waals surface area contributed by atoms with Gasteiger partial charge in [0.15, 0.2) is 0 Å². The van der Waals surface area contributed by atoms with E-state index in [9.17, 15) is 4.79 Å². The summed E-state index contributed by atoms with van der Waals surface area (Å²) in [5, 5.41) is 9.16. The molecule has 0 aromatic rings. The molecule has 0 bridgehead atoms. The number of hydrogen-bond acceptors (Lipinski definition) is 3. The number of amides is 1. The van der Waals surface area contributed by atoms with E-state index >= 15 is 0 Å². The van der Waals surface area contributed by atoms with Gasteiger partial charge in [0.2, 0.25) is 5.91 Å². The first-order valence-electron chi connectivity index (χ1n) is 5.19. The minimum absolute atomic E-state index is 0.0243. The molecular weight excluding hydrogens is 182 g/mol. The van der Waals surface area contributed by atoms with Crippen molar-refractivity contribution in [1.29, 1.82) is 0 Å². The minimum atomic E-state index is -0.552. The van der Waals surface area contributed by atoms with Gasteiger partial charge >= 0.3 is 0 Å². The Hall–Kier alpha value is -0.610. The van der Waals surface area contributed by atoms with E-state index in [1.165, 1.54) is 6.42 Å². The number of rotatable bonds is 2. The van der Waals surface area contributed by atoms with Crippen molar-refractivity contribution in [3.63, 3.8) is 0 Å². The summed E-state index contributed by atoms with van der Waals surface area (Å²) >= 11 is 0. The molecule has 80 valence electrons. The maximum absolute atomic E-state index is 11.6. The van der Waals surface area contributed by atoms with Gasteiger partial charge in [-0.3, -0.25) is 4.79 Å². The highest BCUT2D eigenvalue weighted by molar-refractivity contribution is 5.78. The van der Waals surface area contributed by atoms with Crippen LogP contribution in [0.25, 0.3) is 0 Å². The van der Waals surface area contributed by atoms with E-state index < -0.39 is 5.60 Å². The van der Waals surface area contributed by atoms with Crippen LogP contribution in [0.3, 0.4) is 0 Å². The molecule has 1 unspecified atom stereocenters. The number of morpholine rings is 1. The monoisotopic (exact) mass is 199 g/mol. The van der Waals surface area contributed by atoms with Gasteiger partial charge in [0.05, 0.1) is 13.2 Å². The van der Waals surface area contributed by atoms with E-state index in [0.717, 1.165) is 12.8 Å². The van der Waals surface area contributed by atoms with Crippen LogP contribution in [0.2, 0.25) is 0 Å². The molecule has 1 saturated carbocycles. The maximum Gasteiger partial charge on any atom is 0.248 e. The van der Waals surface area contributed by atoms with Crippen molar-refractivity contribution >= 4 is 5.91 Å². The number of aliphatic hydroxyl groups excluding tert-OH is 1. The number of carbonyl (C=O) groups is 1. The average Bonchev–Trinajstić information content (AvgIpc) is 2.09. The lowest BCUT2D eigenvalue weighted by Crippen LogP contribution is -2.59. The van der Waals surface area contributed by atoms with Crippen molar-refractivity contribution in [2.45, 2.75) is 37.8 Å². The van der Waals surface area contributed by atoms with Crippen molar-refractivity contribution in [3.8, 4) is 0 Å². The van der Waals surface area contributed by atoms with Crippen LogP contribution >= 0.6 is 0 Å². The van der Waals surface area contributed by atoms with Crippen LogP contribution in [0, 0.1) is 0 Å². The third-order valence-electron chi connectivity index (χ3n) is 3.22. The molecule has 1 heterocycles. The van der Waals surface area contributed by atoms with Crippen LogP contribution < -0.4 is 0 Å². The van der Waals surface area contributed by atoms with Crippen molar-refractivity contribution in [3.05, 3.63) is 0 Å². The second-order valence-corrected chi connectivity index (χ2v) is 4.50. The Balaban J connectivity index is 2.02. The summed E-state index contributed by atoms with van der Waals surface area (Å²) in [6.45, 7) is 2.48. The van der Waals surface area contributed by atoms with Gasteiger partial charge in [-0.15, -0.1) is 0 Å². The zero-order valence-corrected chi connectivity index (χ0v) is 8.53. The number of ether oxygens (including phenoxy) is 1. The summed E-state index contributed by atoms with van der Waals surface area (Å²) in [6, 6.07) is 0.400. The number of hydrogen-bond donors (Lipinski definition) is 1. The molecule has 2 rings (SSSR count). The molecule has 1 N–H and O–H groups in total. The highest BCUT2D eigenvalue weighted by Gasteiger charge is 2.39. The molecule has 0 radical (unpaired) electrons. The fourth-order valence-corrected chi connectivity index (χ4v) is 1.94. The van der Waals surface area contributed by atoms with Crippen LogP contribution in [0.4, 0.5) is 0 Å². The molecule has 2 aliphatic rings. The number of carbonyl (C=O) groups excluding carboxylic acids is 1. The quantitative estimate of drug-likeness (QED) is 0.688. The van der Waals surface area contributed by atoms with Crippen LogP contribution in [0.15, 0.2) is 0 Å². The lowest BCUT2D eigenvalue weighted by Gasteiger charge is -2.45. The molecule has 0 spiro atoms. The van der Waals surface area contributed by atoms with Gasteiger partial charge in [0.1, 0.15) is 12.2 Å². The van der Waals surface area contributed by atoms with Crippen molar-refractivity contribution in [1.82, 2.24) is 4.90 Å². The zero-order chi connectivity index (χ0) is 10.2. The molecular formula is C10H17NO3. The zero-order valence-electron chi connectivity index (χ0n) is 8.53. The molecule has 1 aliphatic heterocycles. The summed E-state index contributed by atoms with van der Waals surface area (Å²) in [4.78, 5) is 13.4. The molecule has 0 aromatic carbocycles. The van der Waals surface area contributed by atoms with E-state index in [1.807, 2.05) is 11.8 Å². The summed E-state index contributed by atoms with van der Waals surface area (Å²) < 4.78 is 5.33. The molecule has 1 aliphatic carbocycles. The normalized spacial score (nSPS) is 34.4. The molecule has 0 aromatic heterocycles. The van der Waals surface area contributed by atoms with E-state index in [4.69, 9.17) is 9.84 Å². The summed E-state index contributed by atoms with van der Waals surface area (Å²) in [5.74, 6) is 0.0700. The van der Waals surface area contributed by atoms with Crippen molar-refractivity contribution in [2.24, 2.45) is 0 Å². The predicted molar refractivity (Wildman–Crippen MR) is 50.8 cm³/mol. The Morgan fingerprint density at radius 2 is 2.36 bits per heavy atom. The minimum Gasteiger partial charge on any atom is -0.393 e. The Bertz CT molecular complexity index is 240. The molecule has 14 heavy (non-hydrogen) atoms. The molecule has 1 amide bonds. The molecule has 1 saturated heterocycles. The molecule has 1 atom stereocenters. The van der Waals surface area contributed by atoms with Gasteiger partial charge in [0.25, 0.3) is 0 Å². The number of aliphatic hydroxyl groups is 1. The van der Waals surface area contributed by atoms with Gasteiger partial charge in [-0.1, -0.05) is 0 Å². The van der Waals surface area contributed by atoms with Crippen LogP contribution in [0.5, 0.6) is 0 Å². The Morgan fingerprint density at radius 1 is 1.64 bits per heavy atom. The van der Waals surface area contributed by atoms with Crippen LogP contribution in [-0.2, 0) is 9.53 Å². The van der Waals surface area contributed by atoms with E-state index in [2.05, 4.69) is 0 Å². The smallest absolute Gasteiger partial charge is 0.248 e. The largest absolute Gasteiger partial charge is 0.393 e. The Kier molecular flexibility index (Phi) is 2.49. The number of nitrogens with zero attached hydrogens (tertiary/aromatic N) is 1. The van der Waals surface area contributed by atoms with Crippen molar-refractivity contribution in [2.75, 3.05) is 19.8 Å². The van der Waals surface area contributed by atoms with Crippen LogP contribution in [0.1, 0.15) is 26.2 Å². The fourth-order valence-electron chi connectivity index (χ4n) is 1.94. The van der Waals surface area contributed by atoms with Crippen LogP contribution in [-0.4, -0.2) is 47.3 Å². The first-order valence-corrected chi connectivity index (χ1v) is 5.19. The topological polar surface area (TPSA) is 49.8 Å². The molecule has 4 nitrogen and oxygen atoms in total. The van der Waals surface area contributed by atoms with E-state index in [1.54, 1.807) is 0 Å². The van der Waals surface area contributed by atoms with Gasteiger partial charge in [-0.2, -0.15) is 0 Å². The molecule has 2 fully saturated rings. The second kappa shape index (κ2) is 3.51. The lowest BCUT2D eigenvalue weighted by atomic mass is 9.89. The highest BCUT2D eigenvalue weighted by atomic mass is 16.5. The van der Waals surface area contributed by atoms with Gasteiger partial charge in [-0.05, 0) is 26.2 Å². The standard InChI is InChI=1S/C10H17NO3/c1-10(7-12)6-11(8-3-2-4-8)9(13)5-14-10/h8,12H,2-7H2,1H3. The van der Waals surface area contributed by atoms with Crippen molar-refractivity contribution < 1.29 is 14.6 Å². The Morgan fingerprint density at radius 3 is 2.86 bits per heavy atom. The van der Waals surface area contributed by atoms with Gasteiger partial charge < -0.3 is 14.7 Å². The van der Waals surface area contributed by atoms with E-state index in [-0.39, 0.29) is 19.1 Å². The van der Waals surface area contributed by atoms with Gasteiger partial charge in [0, 0.05) is 6.04 Å². The fraction of sp³-hybridized carbons (Fsp3) is 0.900. The van der Waals surface area contributed by atoms with Gasteiger partial charge in [-0.25, -0.2) is 0 Å². The Labute approximate surface area is 83.8 Å².